The third kappa shape index (κ3) is 4.09. The van der Waals surface area contributed by atoms with E-state index < -0.39 is 0 Å². The highest BCUT2D eigenvalue weighted by Crippen LogP contribution is 2.23. The maximum atomic E-state index is 9.58. The van der Waals surface area contributed by atoms with Gasteiger partial charge in [-0.2, -0.15) is 0 Å². The smallest absolute Gasteiger partial charge is 0.120 e. The Morgan fingerprint density at radius 3 is 2.65 bits per heavy atom. The van der Waals surface area contributed by atoms with E-state index in [4.69, 9.17) is 4.74 Å². The summed E-state index contributed by atoms with van der Waals surface area (Å²) in [5.41, 5.74) is 2.42. The molecule has 0 spiro atoms. The van der Waals surface area contributed by atoms with Gasteiger partial charge in [0.25, 0.3) is 0 Å². The average molecular weight is 335 g/mol. The summed E-state index contributed by atoms with van der Waals surface area (Å²) >= 11 is 3.42. The quantitative estimate of drug-likeness (QED) is 0.853. The molecule has 20 heavy (non-hydrogen) atoms. The van der Waals surface area contributed by atoms with Crippen LogP contribution in [0.2, 0.25) is 0 Å². The summed E-state index contributed by atoms with van der Waals surface area (Å²) in [5, 5.41) is 9.58. The van der Waals surface area contributed by atoms with E-state index in [1.165, 1.54) is 11.1 Å². The first kappa shape index (κ1) is 15.1. The van der Waals surface area contributed by atoms with Gasteiger partial charge in [0.05, 0.1) is 13.2 Å². The second-order valence-electron chi connectivity index (χ2n) is 4.83. The van der Waals surface area contributed by atoms with Gasteiger partial charge in [0.1, 0.15) is 5.75 Å². The number of rotatable bonds is 6. The fourth-order valence-corrected chi connectivity index (χ4v) is 2.64. The van der Waals surface area contributed by atoms with Gasteiger partial charge in [0.2, 0.25) is 0 Å². The molecule has 2 aromatic carbocycles. The van der Waals surface area contributed by atoms with Gasteiger partial charge in [0, 0.05) is 10.4 Å². The Kier molecular flexibility index (Phi) is 5.62. The molecule has 3 heteroatoms. The zero-order valence-electron chi connectivity index (χ0n) is 11.6. The molecule has 0 aliphatic rings. The number of hydrogen-bond donors (Lipinski definition) is 1. The van der Waals surface area contributed by atoms with Crippen molar-refractivity contribution in [3.63, 3.8) is 0 Å². The van der Waals surface area contributed by atoms with Crippen LogP contribution in [0.15, 0.2) is 53.0 Å². The third-order valence-corrected chi connectivity index (χ3v) is 3.87. The lowest BCUT2D eigenvalue weighted by atomic mass is 9.93. The Hall–Kier alpha value is -1.32. The fourth-order valence-electron chi connectivity index (χ4n) is 2.27. The number of ether oxygens (including phenoxy) is 1. The molecule has 1 unspecified atom stereocenters. The van der Waals surface area contributed by atoms with Crippen molar-refractivity contribution in [2.45, 2.75) is 19.3 Å². The van der Waals surface area contributed by atoms with Gasteiger partial charge in [-0.3, -0.25) is 0 Å². The van der Waals surface area contributed by atoms with Crippen molar-refractivity contribution < 1.29 is 9.84 Å². The highest BCUT2D eigenvalue weighted by atomic mass is 79.9. The summed E-state index contributed by atoms with van der Waals surface area (Å²) in [6, 6.07) is 16.0. The van der Waals surface area contributed by atoms with Gasteiger partial charge in [-0.1, -0.05) is 46.3 Å². The zero-order valence-corrected chi connectivity index (χ0v) is 13.1. The Balaban J connectivity index is 1.93. The lowest BCUT2D eigenvalue weighted by Gasteiger charge is -2.17. The highest BCUT2D eigenvalue weighted by molar-refractivity contribution is 9.10. The summed E-state index contributed by atoms with van der Waals surface area (Å²) in [5.74, 6) is 0.976. The molecule has 0 saturated carbocycles. The highest BCUT2D eigenvalue weighted by Gasteiger charge is 2.12. The predicted molar refractivity (Wildman–Crippen MR) is 85.3 cm³/mol. The summed E-state index contributed by atoms with van der Waals surface area (Å²) in [6.45, 7) is 2.82. The lowest BCUT2D eigenvalue weighted by Crippen LogP contribution is -2.10. The molecule has 2 rings (SSSR count). The minimum Gasteiger partial charge on any atom is -0.494 e. The van der Waals surface area contributed by atoms with E-state index in [0.29, 0.717) is 6.61 Å². The van der Waals surface area contributed by atoms with Crippen molar-refractivity contribution in [3.8, 4) is 5.75 Å². The Morgan fingerprint density at radius 1 is 1.15 bits per heavy atom. The minimum absolute atomic E-state index is 0.128. The van der Waals surface area contributed by atoms with Crippen LogP contribution in [-0.4, -0.2) is 18.3 Å². The molecule has 1 atom stereocenters. The van der Waals surface area contributed by atoms with Crippen LogP contribution >= 0.6 is 15.9 Å². The van der Waals surface area contributed by atoms with E-state index in [2.05, 4.69) is 35.0 Å². The van der Waals surface area contributed by atoms with Crippen molar-refractivity contribution in [1.29, 1.82) is 0 Å². The first-order chi connectivity index (χ1) is 9.70. The van der Waals surface area contributed by atoms with Crippen LogP contribution in [0.4, 0.5) is 0 Å². The van der Waals surface area contributed by atoms with Gasteiger partial charge in [-0.05, 0) is 42.7 Å². The Labute approximate surface area is 128 Å². The molecule has 1 N–H and O–H groups in total. The summed E-state index contributed by atoms with van der Waals surface area (Å²) in [7, 11) is 0. The normalized spacial score (nSPS) is 12.2. The van der Waals surface area contributed by atoms with Crippen molar-refractivity contribution in [3.05, 3.63) is 64.1 Å². The lowest BCUT2D eigenvalue weighted by molar-refractivity contribution is 0.229. The van der Waals surface area contributed by atoms with Crippen LogP contribution < -0.4 is 4.74 Å². The molecule has 0 radical (unpaired) electrons. The van der Waals surface area contributed by atoms with Crippen LogP contribution in [0.3, 0.4) is 0 Å². The Morgan fingerprint density at radius 2 is 1.95 bits per heavy atom. The van der Waals surface area contributed by atoms with Gasteiger partial charge in [-0.15, -0.1) is 0 Å². The molecule has 0 bridgehead atoms. The SMILES string of the molecule is Cc1ccccc1C(CO)CCOc1cccc(Br)c1. The maximum absolute atomic E-state index is 9.58. The van der Waals surface area contributed by atoms with E-state index >= 15 is 0 Å². The standard InChI is InChI=1S/C17H19BrO2/c1-13-5-2-3-8-17(13)14(12-19)9-10-20-16-7-4-6-15(18)11-16/h2-8,11,14,19H,9-10,12H2,1H3. The molecule has 106 valence electrons. The first-order valence-corrected chi connectivity index (χ1v) is 7.54. The summed E-state index contributed by atoms with van der Waals surface area (Å²) in [4.78, 5) is 0. The number of aliphatic hydroxyl groups is 1. The van der Waals surface area contributed by atoms with Crippen LogP contribution in [-0.2, 0) is 0 Å². The van der Waals surface area contributed by atoms with Crippen molar-refractivity contribution in [1.82, 2.24) is 0 Å². The largest absolute Gasteiger partial charge is 0.494 e. The molecule has 0 fully saturated rings. The number of benzene rings is 2. The van der Waals surface area contributed by atoms with Gasteiger partial charge in [0.15, 0.2) is 0 Å². The number of aliphatic hydroxyl groups excluding tert-OH is 1. The fraction of sp³-hybridized carbons (Fsp3) is 0.294. The number of aryl methyl sites for hydroxylation is 1. The first-order valence-electron chi connectivity index (χ1n) is 6.75. The second kappa shape index (κ2) is 7.46. The molecule has 0 aromatic heterocycles. The van der Waals surface area contributed by atoms with Crippen molar-refractivity contribution >= 4 is 15.9 Å². The van der Waals surface area contributed by atoms with Gasteiger partial charge >= 0.3 is 0 Å². The summed E-state index contributed by atoms with van der Waals surface area (Å²) < 4.78 is 6.75. The topological polar surface area (TPSA) is 29.5 Å². The van der Waals surface area contributed by atoms with E-state index in [-0.39, 0.29) is 12.5 Å². The molecule has 0 aliphatic carbocycles. The average Bonchev–Trinajstić information content (AvgIpc) is 2.45. The second-order valence-corrected chi connectivity index (χ2v) is 5.75. The number of hydrogen-bond acceptors (Lipinski definition) is 2. The van der Waals surface area contributed by atoms with E-state index in [1.807, 2.05) is 36.4 Å². The molecule has 0 heterocycles. The van der Waals surface area contributed by atoms with E-state index in [0.717, 1.165) is 16.6 Å². The third-order valence-electron chi connectivity index (χ3n) is 3.38. The predicted octanol–water partition coefficient (Wildman–Crippen LogP) is 4.30. The zero-order chi connectivity index (χ0) is 14.4. The Bertz CT molecular complexity index is 554. The monoisotopic (exact) mass is 334 g/mol. The van der Waals surface area contributed by atoms with Gasteiger partial charge in [-0.25, -0.2) is 0 Å². The molecule has 2 nitrogen and oxygen atoms in total. The number of halogens is 1. The van der Waals surface area contributed by atoms with E-state index in [1.54, 1.807) is 0 Å². The van der Waals surface area contributed by atoms with Crippen LogP contribution in [0.5, 0.6) is 5.75 Å². The molecule has 0 aliphatic heterocycles. The molecular formula is C17H19BrO2. The van der Waals surface area contributed by atoms with Crippen LogP contribution in [0.25, 0.3) is 0 Å². The van der Waals surface area contributed by atoms with Crippen LogP contribution in [0, 0.1) is 6.92 Å². The molecule has 2 aromatic rings. The summed E-state index contributed by atoms with van der Waals surface area (Å²) in [6.07, 6.45) is 0.799. The van der Waals surface area contributed by atoms with E-state index in [9.17, 15) is 5.11 Å². The molecule has 0 saturated heterocycles. The minimum atomic E-state index is 0.128. The molecular weight excluding hydrogens is 316 g/mol. The van der Waals surface area contributed by atoms with Crippen molar-refractivity contribution in [2.75, 3.05) is 13.2 Å². The van der Waals surface area contributed by atoms with Crippen LogP contribution in [0.1, 0.15) is 23.5 Å². The molecule has 0 amide bonds. The maximum Gasteiger partial charge on any atom is 0.120 e. The van der Waals surface area contributed by atoms with Gasteiger partial charge < -0.3 is 9.84 Å². The van der Waals surface area contributed by atoms with Crippen molar-refractivity contribution in [2.24, 2.45) is 0 Å².